The number of alkyl carbamates (subject to hydrolysis) is 1. The molecule has 0 aliphatic carbocycles. The van der Waals surface area contributed by atoms with Crippen molar-refractivity contribution in [3.05, 3.63) is 47.5 Å². The van der Waals surface area contributed by atoms with Gasteiger partial charge in [-0.15, -0.1) is 0 Å². The molecule has 2 rings (SSSR count). The molecule has 0 aliphatic rings. The standard InChI is InChI=1S/C29H39NO8/c1-27(2,3)36-24(33)22(25(34)37-28(4,5)6)20-15-14-17(18-12-10-11-13-19(18)20)16-21(23(31)32)30-26(35)38-29(7,8)9/h10-15,21-22H,16H2,1-9H3,(H,30,35)(H,31,32)/t21-/m0/s1. The van der Waals surface area contributed by atoms with Gasteiger partial charge in [-0.3, -0.25) is 9.59 Å². The third-order valence-corrected chi connectivity index (χ3v) is 5.06. The highest BCUT2D eigenvalue weighted by molar-refractivity contribution is 6.05. The van der Waals surface area contributed by atoms with Crippen LogP contribution in [0.15, 0.2) is 36.4 Å². The van der Waals surface area contributed by atoms with Crippen LogP contribution < -0.4 is 5.32 Å². The summed E-state index contributed by atoms with van der Waals surface area (Å²) >= 11 is 0. The summed E-state index contributed by atoms with van der Waals surface area (Å²) in [5.41, 5.74) is -1.50. The van der Waals surface area contributed by atoms with E-state index in [2.05, 4.69) is 5.32 Å². The minimum absolute atomic E-state index is 0.0566. The monoisotopic (exact) mass is 529 g/mol. The fourth-order valence-corrected chi connectivity index (χ4v) is 3.76. The van der Waals surface area contributed by atoms with Crippen molar-refractivity contribution in [1.29, 1.82) is 0 Å². The van der Waals surface area contributed by atoms with Gasteiger partial charge in [-0.1, -0.05) is 36.4 Å². The van der Waals surface area contributed by atoms with Crippen LogP contribution in [0.1, 0.15) is 79.4 Å². The molecule has 0 aliphatic heterocycles. The van der Waals surface area contributed by atoms with Crippen LogP contribution in [0.5, 0.6) is 0 Å². The Kier molecular flexibility index (Phi) is 9.19. The number of carboxylic acids is 1. The Morgan fingerprint density at radius 2 is 1.21 bits per heavy atom. The van der Waals surface area contributed by atoms with Gasteiger partial charge in [0, 0.05) is 6.42 Å². The second kappa shape index (κ2) is 11.4. The number of fused-ring (bicyclic) bond motifs is 1. The average Bonchev–Trinajstić information content (AvgIpc) is 2.70. The number of carboxylic acid groups (broad SMARTS) is 1. The summed E-state index contributed by atoms with van der Waals surface area (Å²) in [4.78, 5) is 50.7. The smallest absolute Gasteiger partial charge is 0.408 e. The van der Waals surface area contributed by atoms with E-state index in [4.69, 9.17) is 14.2 Å². The second-order valence-corrected chi connectivity index (χ2v) is 12.1. The zero-order chi connectivity index (χ0) is 29.1. The molecule has 0 unspecified atom stereocenters. The molecule has 0 radical (unpaired) electrons. The van der Waals surface area contributed by atoms with Crippen LogP contribution in [0.2, 0.25) is 0 Å². The highest BCUT2D eigenvalue weighted by Crippen LogP contribution is 2.33. The minimum Gasteiger partial charge on any atom is -0.480 e. The fourth-order valence-electron chi connectivity index (χ4n) is 3.76. The highest BCUT2D eigenvalue weighted by Gasteiger charge is 2.37. The van der Waals surface area contributed by atoms with Gasteiger partial charge in [0.25, 0.3) is 0 Å². The van der Waals surface area contributed by atoms with Gasteiger partial charge in [0.1, 0.15) is 22.8 Å². The van der Waals surface area contributed by atoms with Crippen molar-refractivity contribution in [2.45, 2.75) is 97.5 Å². The molecule has 9 nitrogen and oxygen atoms in total. The fraction of sp³-hybridized carbons (Fsp3) is 0.517. The minimum atomic E-state index is -1.36. The summed E-state index contributed by atoms with van der Waals surface area (Å²) in [5, 5.41) is 13.4. The molecule has 1 atom stereocenters. The first-order valence-electron chi connectivity index (χ1n) is 12.5. The summed E-state index contributed by atoms with van der Waals surface area (Å²) < 4.78 is 16.3. The molecule has 0 saturated carbocycles. The maximum Gasteiger partial charge on any atom is 0.408 e. The molecule has 9 heteroatoms. The van der Waals surface area contributed by atoms with E-state index in [1.807, 2.05) is 0 Å². The van der Waals surface area contributed by atoms with E-state index in [1.54, 1.807) is 98.7 Å². The van der Waals surface area contributed by atoms with Crippen LogP contribution >= 0.6 is 0 Å². The maximum atomic E-state index is 13.3. The lowest BCUT2D eigenvalue weighted by Crippen LogP contribution is -2.44. The van der Waals surface area contributed by atoms with Gasteiger partial charge in [0.05, 0.1) is 0 Å². The first-order chi connectivity index (χ1) is 17.3. The molecule has 0 spiro atoms. The average molecular weight is 530 g/mol. The van der Waals surface area contributed by atoms with Crippen LogP contribution in [0.4, 0.5) is 4.79 Å². The van der Waals surface area contributed by atoms with Crippen molar-refractivity contribution in [1.82, 2.24) is 5.32 Å². The van der Waals surface area contributed by atoms with Crippen LogP contribution in [0.3, 0.4) is 0 Å². The molecule has 0 aromatic heterocycles. The van der Waals surface area contributed by atoms with Crippen molar-refractivity contribution in [3.63, 3.8) is 0 Å². The Balaban J connectivity index is 2.55. The van der Waals surface area contributed by atoms with Crippen molar-refractivity contribution < 1.29 is 38.5 Å². The van der Waals surface area contributed by atoms with E-state index >= 15 is 0 Å². The predicted octanol–water partition coefficient (Wildman–Crippen LogP) is 5.13. The molecule has 2 aromatic rings. The number of carbonyl (C=O) groups excluding carboxylic acids is 3. The van der Waals surface area contributed by atoms with Crippen molar-refractivity contribution in [2.75, 3.05) is 0 Å². The van der Waals surface area contributed by atoms with Crippen LogP contribution in [0.25, 0.3) is 10.8 Å². The van der Waals surface area contributed by atoms with E-state index in [-0.39, 0.29) is 6.42 Å². The number of ether oxygens (including phenoxy) is 3. The highest BCUT2D eigenvalue weighted by atomic mass is 16.6. The van der Waals surface area contributed by atoms with E-state index < -0.39 is 52.8 Å². The Morgan fingerprint density at radius 1 is 0.737 bits per heavy atom. The quantitative estimate of drug-likeness (QED) is 0.287. The maximum absolute atomic E-state index is 13.3. The molecular weight excluding hydrogens is 490 g/mol. The number of rotatable bonds is 7. The Bertz CT molecular complexity index is 1170. The molecule has 0 fully saturated rings. The Hall–Kier alpha value is -3.62. The van der Waals surface area contributed by atoms with E-state index in [0.29, 0.717) is 21.9 Å². The summed E-state index contributed by atoms with van der Waals surface area (Å²) in [7, 11) is 0. The molecule has 1 amide bonds. The number of benzene rings is 2. The Labute approximate surface area is 223 Å². The lowest BCUT2D eigenvalue weighted by atomic mass is 9.89. The number of nitrogens with one attached hydrogen (secondary N) is 1. The topological polar surface area (TPSA) is 128 Å². The van der Waals surface area contributed by atoms with Gasteiger partial charge >= 0.3 is 24.0 Å². The molecule has 0 bridgehead atoms. The molecule has 0 heterocycles. The first-order valence-corrected chi connectivity index (χ1v) is 12.5. The largest absolute Gasteiger partial charge is 0.480 e. The number of hydrogen-bond acceptors (Lipinski definition) is 7. The van der Waals surface area contributed by atoms with Gasteiger partial charge in [0.2, 0.25) is 0 Å². The molecule has 2 N–H and O–H groups in total. The van der Waals surface area contributed by atoms with Gasteiger partial charge in [0.15, 0.2) is 5.92 Å². The SMILES string of the molecule is CC(C)(C)OC(=O)N[C@@H](Cc1ccc(C(C(=O)OC(C)(C)C)C(=O)OC(C)(C)C)c2ccccc12)C(=O)O. The molecule has 38 heavy (non-hydrogen) atoms. The normalized spacial score (nSPS) is 13.1. The third kappa shape index (κ3) is 9.04. The lowest BCUT2D eigenvalue weighted by molar-refractivity contribution is -0.169. The van der Waals surface area contributed by atoms with Gasteiger partial charge in [-0.05, 0) is 84.2 Å². The van der Waals surface area contributed by atoms with Crippen molar-refractivity contribution in [3.8, 4) is 0 Å². The van der Waals surface area contributed by atoms with Crippen LogP contribution in [-0.4, -0.2) is 52.0 Å². The summed E-state index contributed by atoms with van der Waals surface area (Å²) in [6.07, 6.45) is -0.903. The number of amides is 1. The zero-order valence-corrected chi connectivity index (χ0v) is 23.6. The van der Waals surface area contributed by atoms with E-state index in [1.165, 1.54) is 0 Å². The predicted molar refractivity (Wildman–Crippen MR) is 143 cm³/mol. The van der Waals surface area contributed by atoms with E-state index in [9.17, 15) is 24.3 Å². The van der Waals surface area contributed by atoms with Crippen molar-refractivity contribution >= 4 is 34.8 Å². The number of esters is 2. The second-order valence-electron chi connectivity index (χ2n) is 12.1. The van der Waals surface area contributed by atoms with E-state index in [0.717, 1.165) is 0 Å². The van der Waals surface area contributed by atoms with Crippen molar-refractivity contribution in [2.24, 2.45) is 0 Å². The zero-order valence-electron chi connectivity index (χ0n) is 23.6. The molecule has 0 saturated heterocycles. The third-order valence-electron chi connectivity index (χ3n) is 5.06. The van der Waals surface area contributed by atoms with Crippen LogP contribution in [0, 0.1) is 0 Å². The van der Waals surface area contributed by atoms with Crippen LogP contribution in [-0.2, 0) is 35.0 Å². The number of aliphatic carboxylic acids is 1. The van der Waals surface area contributed by atoms with Gasteiger partial charge in [-0.2, -0.15) is 0 Å². The Morgan fingerprint density at radius 3 is 1.66 bits per heavy atom. The summed E-state index contributed by atoms with van der Waals surface area (Å²) in [6, 6.07) is 9.00. The summed E-state index contributed by atoms with van der Waals surface area (Å²) in [6.45, 7) is 15.3. The summed E-state index contributed by atoms with van der Waals surface area (Å²) in [5.74, 6) is -4.09. The first kappa shape index (κ1) is 30.6. The lowest BCUT2D eigenvalue weighted by Gasteiger charge is -2.27. The molecule has 2 aromatic carbocycles. The van der Waals surface area contributed by atoms with Gasteiger partial charge < -0.3 is 24.6 Å². The van der Waals surface area contributed by atoms with Gasteiger partial charge in [-0.25, -0.2) is 9.59 Å². The number of carbonyl (C=O) groups is 4. The molecule has 208 valence electrons. The number of hydrogen-bond donors (Lipinski definition) is 2. The molecular formula is C29H39NO8.